The van der Waals surface area contributed by atoms with Gasteiger partial charge in [-0.2, -0.15) is 0 Å². The normalized spacial score (nSPS) is 11.1. The quantitative estimate of drug-likeness (QED) is 0.717. The number of amides is 1. The van der Waals surface area contributed by atoms with Gasteiger partial charge in [0.25, 0.3) is 0 Å². The van der Waals surface area contributed by atoms with Crippen molar-refractivity contribution in [2.75, 3.05) is 51.3 Å². The number of likely N-dealkylation sites (N-methyl/N-ethyl adjacent to an activating group) is 1. The van der Waals surface area contributed by atoms with Crippen molar-refractivity contribution in [3.8, 4) is 0 Å². The Morgan fingerprint density at radius 2 is 2.00 bits per heavy atom. The molecule has 5 nitrogen and oxygen atoms in total. The summed E-state index contributed by atoms with van der Waals surface area (Å²) in [7, 11) is 4.12. The first-order chi connectivity index (χ1) is 9.92. The Hall–Kier alpha value is -1.59. The molecule has 21 heavy (non-hydrogen) atoms. The first-order valence-electron chi connectivity index (χ1n) is 7.45. The van der Waals surface area contributed by atoms with Gasteiger partial charge >= 0.3 is 0 Å². The van der Waals surface area contributed by atoms with Gasteiger partial charge in [0.2, 0.25) is 5.91 Å². The average Bonchev–Trinajstić information content (AvgIpc) is 2.41. The molecule has 1 aromatic carbocycles. The molecule has 0 aliphatic rings. The van der Waals surface area contributed by atoms with E-state index in [4.69, 9.17) is 5.73 Å². The van der Waals surface area contributed by atoms with Crippen LogP contribution in [0.3, 0.4) is 0 Å². The molecule has 0 aliphatic carbocycles. The maximum absolute atomic E-state index is 12.1. The number of nitrogens with zero attached hydrogens (tertiary/aromatic N) is 2. The highest BCUT2D eigenvalue weighted by Gasteiger charge is 2.09. The van der Waals surface area contributed by atoms with Crippen molar-refractivity contribution in [1.29, 1.82) is 0 Å². The molecule has 0 fully saturated rings. The summed E-state index contributed by atoms with van der Waals surface area (Å²) < 4.78 is 0. The van der Waals surface area contributed by atoms with E-state index in [0.717, 1.165) is 37.3 Å². The standard InChI is InChI=1S/C16H28N4O/c1-5-20(10-6-9-19(3)4)12-16(21)18-14-8-7-13(2)15(17)11-14/h7-8,11H,5-6,9-10,12,17H2,1-4H3,(H,18,21). The number of hydrogen-bond donors (Lipinski definition) is 2. The average molecular weight is 292 g/mol. The lowest BCUT2D eigenvalue weighted by molar-refractivity contribution is -0.117. The van der Waals surface area contributed by atoms with Gasteiger partial charge in [-0.15, -0.1) is 0 Å². The third-order valence-electron chi connectivity index (χ3n) is 3.46. The monoisotopic (exact) mass is 292 g/mol. The number of anilines is 2. The lowest BCUT2D eigenvalue weighted by Gasteiger charge is -2.21. The molecule has 118 valence electrons. The van der Waals surface area contributed by atoms with E-state index in [2.05, 4.69) is 36.1 Å². The summed E-state index contributed by atoms with van der Waals surface area (Å²) in [4.78, 5) is 16.4. The molecule has 0 aromatic heterocycles. The molecule has 0 spiro atoms. The van der Waals surface area contributed by atoms with Gasteiger partial charge in [0, 0.05) is 11.4 Å². The minimum Gasteiger partial charge on any atom is -0.398 e. The Bertz CT molecular complexity index is 460. The minimum atomic E-state index is 0.00459. The molecule has 0 unspecified atom stereocenters. The number of nitrogen functional groups attached to an aromatic ring is 1. The lowest BCUT2D eigenvalue weighted by atomic mass is 10.2. The molecule has 0 saturated heterocycles. The first kappa shape index (κ1) is 17.5. The first-order valence-corrected chi connectivity index (χ1v) is 7.45. The lowest BCUT2D eigenvalue weighted by Crippen LogP contribution is -2.34. The molecule has 0 saturated carbocycles. The molecule has 0 atom stereocenters. The van der Waals surface area contributed by atoms with E-state index in [1.807, 2.05) is 19.1 Å². The van der Waals surface area contributed by atoms with Crippen LogP contribution in [0, 0.1) is 6.92 Å². The van der Waals surface area contributed by atoms with Gasteiger partial charge in [-0.3, -0.25) is 9.69 Å². The van der Waals surface area contributed by atoms with E-state index in [-0.39, 0.29) is 5.91 Å². The molecule has 3 N–H and O–H groups in total. The maximum Gasteiger partial charge on any atom is 0.238 e. The topological polar surface area (TPSA) is 61.6 Å². The van der Waals surface area contributed by atoms with E-state index in [9.17, 15) is 4.79 Å². The molecule has 0 radical (unpaired) electrons. The summed E-state index contributed by atoms with van der Waals surface area (Å²) in [6.07, 6.45) is 1.06. The Kier molecular flexibility index (Phi) is 7.19. The molecule has 5 heteroatoms. The summed E-state index contributed by atoms with van der Waals surface area (Å²) in [5.74, 6) is 0.00459. The van der Waals surface area contributed by atoms with Gasteiger partial charge in [-0.25, -0.2) is 0 Å². The maximum atomic E-state index is 12.1. The van der Waals surface area contributed by atoms with Gasteiger partial charge in [0.15, 0.2) is 0 Å². The summed E-state index contributed by atoms with van der Waals surface area (Å²) >= 11 is 0. The van der Waals surface area contributed by atoms with Crippen LogP contribution in [-0.4, -0.2) is 56.0 Å². The van der Waals surface area contributed by atoms with E-state index in [1.54, 1.807) is 6.07 Å². The van der Waals surface area contributed by atoms with E-state index in [1.165, 1.54) is 0 Å². The molecule has 1 aromatic rings. The number of carbonyl (C=O) groups excluding carboxylic acids is 1. The Balaban J connectivity index is 2.44. The van der Waals surface area contributed by atoms with Crippen molar-refractivity contribution in [3.05, 3.63) is 23.8 Å². The second kappa shape index (κ2) is 8.64. The second-order valence-electron chi connectivity index (χ2n) is 5.65. The van der Waals surface area contributed by atoms with Crippen LogP contribution >= 0.6 is 0 Å². The van der Waals surface area contributed by atoms with Gasteiger partial charge in [0.05, 0.1) is 6.54 Å². The number of nitrogens with one attached hydrogen (secondary N) is 1. The van der Waals surface area contributed by atoms with Crippen molar-refractivity contribution in [2.24, 2.45) is 0 Å². The molecule has 0 bridgehead atoms. The number of carbonyl (C=O) groups is 1. The molecular weight excluding hydrogens is 264 g/mol. The van der Waals surface area contributed by atoms with Crippen molar-refractivity contribution in [1.82, 2.24) is 9.80 Å². The highest BCUT2D eigenvalue weighted by molar-refractivity contribution is 5.92. The SMILES string of the molecule is CCN(CCCN(C)C)CC(=O)Nc1ccc(C)c(N)c1. The number of nitrogens with two attached hydrogens (primary N) is 1. The van der Waals surface area contributed by atoms with Crippen LogP contribution in [0.5, 0.6) is 0 Å². The Morgan fingerprint density at radius 1 is 1.29 bits per heavy atom. The third kappa shape index (κ3) is 6.60. The van der Waals surface area contributed by atoms with E-state index in [0.29, 0.717) is 12.2 Å². The number of hydrogen-bond acceptors (Lipinski definition) is 4. The molecule has 0 aliphatic heterocycles. The predicted molar refractivity (Wildman–Crippen MR) is 89.5 cm³/mol. The zero-order valence-electron chi connectivity index (χ0n) is 13.6. The fourth-order valence-corrected chi connectivity index (χ4v) is 2.08. The van der Waals surface area contributed by atoms with Crippen molar-refractivity contribution >= 4 is 17.3 Å². The van der Waals surface area contributed by atoms with Crippen molar-refractivity contribution in [2.45, 2.75) is 20.3 Å². The highest BCUT2D eigenvalue weighted by atomic mass is 16.2. The van der Waals surface area contributed by atoms with Crippen LogP contribution in [-0.2, 0) is 4.79 Å². The Labute approximate surface area is 128 Å². The summed E-state index contributed by atoms with van der Waals surface area (Å²) in [6, 6.07) is 5.60. The van der Waals surface area contributed by atoms with Crippen LogP contribution in [0.4, 0.5) is 11.4 Å². The second-order valence-corrected chi connectivity index (χ2v) is 5.65. The molecule has 1 amide bonds. The Morgan fingerprint density at radius 3 is 2.57 bits per heavy atom. The molecule has 1 rings (SSSR count). The van der Waals surface area contributed by atoms with Crippen molar-refractivity contribution < 1.29 is 4.79 Å². The fraction of sp³-hybridized carbons (Fsp3) is 0.562. The smallest absolute Gasteiger partial charge is 0.238 e. The number of benzene rings is 1. The predicted octanol–water partition coefficient (Wildman–Crippen LogP) is 1.79. The van der Waals surface area contributed by atoms with Gasteiger partial charge in [-0.05, 0) is 64.8 Å². The van der Waals surface area contributed by atoms with Crippen LogP contribution < -0.4 is 11.1 Å². The molecule has 0 heterocycles. The number of rotatable bonds is 8. The summed E-state index contributed by atoms with van der Waals surface area (Å²) in [5, 5.41) is 2.90. The van der Waals surface area contributed by atoms with Crippen molar-refractivity contribution in [3.63, 3.8) is 0 Å². The largest absolute Gasteiger partial charge is 0.398 e. The van der Waals surface area contributed by atoms with Crippen LogP contribution in [0.15, 0.2) is 18.2 Å². The number of aryl methyl sites for hydroxylation is 1. The zero-order valence-corrected chi connectivity index (χ0v) is 13.6. The summed E-state index contributed by atoms with van der Waals surface area (Å²) in [5.41, 5.74) is 8.33. The minimum absolute atomic E-state index is 0.00459. The third-order valence-corrected chi connectivity index (χ3v) is 3.46. The zero-order chi connectivity index (χ0) is 15.8. The fourth-order valence-electron chi connectivity index (χ4n) is 2.08. The van der Waals surface area contributed by atoms with Crippen LogP contribution in [0.25, 0.3) is 0 Å². The van der Waals surface area contributed by atoms with Gasteiger partial charge in [0.1, 0.15) is 0 Å². The van der Waals surface area contributed by atoms with E-state index >= 15 is 0 Å². The summed E-state index contributed by atoms with van der Waals surface area (Å²) in [6.45, 7) is 7.27. The highest BCUT2D eigenvalue weighted by Crippen LogP contribution is 2.16. The van der Waals surface area contributed by atoms with Gasteiger partial charge < -0.3 is 16.0 Å². The van der Waals surface area contributed by atoms with Crippen LogP contribution in [0.1, 0.15) is 18.9 Å². The molecular formula is C16H28N4O. The van der Waals surface area contributed by atoms with Gasteiger partial charge in [-0.1, -0.05) is 13.0 Å². The van der Waals surface area contributed by atoms with E-state index < -0.39 is 0 Å². The van der Waals surface area contributed by atoms with Crippen LogP contribution in [0.2, 0.25) is 0 Å².